The number of para-hydroxylation sites is 2. The topological polar surface area (TPSA) is 55.8 Å². The largest absolute Gasteiger partial charge is 0.419 e. The molecule has 0 bridgehead atoms. The fraction of sp³-hybridized carbons (Fsp3) is 0.533. The second-order valence-corrected chi connectivity index (χ2v) is 5.66. The maximum atomic E-state index is 12.8. The SMILES string of the molecule is CCN(C)c1ccccc1NC(=O)N1CC[C@@](O)(C(F)(F)F)C1. The summed E-state index contributed by atoms with van der Waals surface area (Å²) in [5.74, 6) is 0. The third-order valence-corrected chi connectivity index (χ3v) is 4.09. The fourth-order valence-corrected chi connectivity index (χ4v) is 2.48. The first-order chi connectivity index (χ1) is 10.7. The van der Waals surface area contributed by atoms with Gasteiger partial charge in [-0.2, -0.15) is 13.2 Å². The van der Waals surface area contributed by atoms with Crippen LogP contribution in [0, 0.1) is 0 Å². The van der Waals surface area contributed by atoms with E-state index in [0.29, 0.717) is 12.2 Å². The van der Waals surface area contributed by atoms with E-state index in [9.17, 15) is 23.1 Å². The molecular formula is C15H20F3N3O2. The van der Waals surface area contributed by atoms with E-state index in [4.69, 9.17) is 0 Å². The number of likely N-dealkylation sites (tertiary alicyclic amines) is 1. The second-order valence-electron chi connectivity index (χ2n) is 5.66. The molecule has 5 nitrogen and oxygen atoms in total. The van der Waals surface area contributed by atoms with Gasteiger partial charge in [0.25, 0.3) is 0 Å². The number of alkyl halides is 3. The number of hydrogen-bond donors (Lipinski definition) is 2. The number of nitrogens with zero attached hydrogens (tertiary/aromatic N) is 2. The number of halogens is 3. The van der Waals surface area contributed by atoms with E-state index in [1.807, 2.05) is 31.0 Å². The second kappa shape index (κ2) is 6.27. The quantitative estimate of drug-likeness (QED) is 0.895. The number of hydrogen-bond acceptors (Lipinski definition) is 3. The number of β-amino-alcohol motifs (C(OH)–C–C–N with tert-alkyl or cyclic N) is 1. The first kappa shape index (κ1) is 17.4. The molecule has 2 N–H and O–H groups in total. The predicted molar refractivity (Wildman–Crippen MR) is 81.6 cm³/mol. The van der Waals surface area contributed by atoms with Crippen molar-refractivity contribution in [3.63, 3.8) is 0 Å². The first-order valence-electron chi connectivity index (χ1n) is 7.33. The Balaban J connectivity index is 2.10. The van der Waals surface area contributed by atoms with E-state index < -0.39 is 30.8 Å². The van der Waals surface area contributed by atoms with Gasteiger partial charge in [0.15, 0.2) is 5.60 Å². The zero-order chi connectivity index (χ0) is 17.3. The summed E-state index contributed by atoms with van der Waals surface area (Å²) in [5, 5.41) is 12.3. The van der Waals surface area contributed by atoms with Gasteiger partial charge < -0.3 is 20.2 Å². The number of amides is 2. The standard InChI is InChI=1S/C15H20F3N3O2/c1-3-20(2)12-7-5-4-6-11(12)19-13(22)21-9-8-14(23,10-21)15(16,17)18/h4-7,23H,3,8-10H2,1-2H3,(H,19,22)/t14-/m0/s1. The van der Waals surface area contributed by atoms with Gasteiger partial charge in [-0.3, -0.25) is 0 Å². The Hall–Kier alpha value is -1.96. The number of nitrogens with one attached hydrogen (secondary N) is 1. The highest BCUT2D eigenvalue weighted by atomic mass is 19.4. The zero-order valence-electron chi connectivity index (χ0n) is 13.0. The minimum Gasteiger partial charge on any atom is -0.379 e. The molecule has 1 atom stereocenters. The van der Waals surface area contributed by atoms with Gasteiger partial charge in [0.05, 0.1) is 17.9 Å². The monoisotopic (exact) mass is 331 g/mol. The Morgan fingerprint density at radius 3 is 2.65 bits per heavy atom. The molecule has 0 aromatic heterocycles. The molecule has 1 aliphatic rings. The Bertz CT molecular complexity index is 579. The zero-order valence-corrected chi connectivity index (χ0v) is 13.0. The molecule has 1 heterocycles. The van der Waals surface area contributed by atoms with Crippen molar-refractivity contribution in [2.75, 3.05) is 36.9 Å². The molecule has 0 saturated carbocycles. The van der Waals surface area contributed by atoms with Crippen molar-refractivity contribution in [2.45, 2.75) is 25.1 Å². The molecule has 23 heavy (non-hydrogen) atoms. The predicted octanol–water partition coefficient (Wildman–Crippen LogP) is 2.67. The van der Waals surface area contributed by atoms with Crippen molar-refractivity contribution < 1.29 is 23.1 Å². The molecule has 1 fully saturated rings. The lowest BCUT2D eigenvalue weighted by Crippen LogP contribution is -2.48. The molecule has 0 spiro atoms. The number of urea groups is 1. The van der Waals surface area contributed by atoms with Crippen molar-refractivity contribution in [1.29, 1.82) is 0 Å². The number of benzene rings is 1. The van der Waals surface area contributed by atoms with E-state index >= 15 is 0 Å². The van der Waals surface area contributed by atoms with Gasteiger partial charge in [-0.1, -0.05) is 12.1 Å². The number of rotatable bonds is 3. The molecule has 1 aliphatic heterocycles. The van der Waals surface area contributed by atoms with Crippen LogP contribution in [0.5, 0.6) is 0 Å². The van der Waals surface area contributed by atoms with Gasteiger partial charge in [-0.25, -0.2) is 4.79 Å². The average Bonchev–Trinajstić information content (AvgIpc) is 2.91. The van der Waals surface area contributed by atoms with E-state index in [2.05, 4.69) is 5.32 Å². The Morgan fingerprint density at radius 2 is 2.09 bits per heavy atom. The van der Waals surface area contributed by atoms with Crippen molar-refractivity contribution in [2.24, 2.45) is 0 Å². The molecule has 0 aliphatic carbocycles. The highest BCUT2D eigenvalue weighted by Gasteiger charge is 2.57. The van der Waals surface area contributed by atoms with Crippen LogP contribution in [-0.2, 0) is 0 Å². The normalized spacial score (nSPS) is 21.4. The number of carbonyl (C=O) groups excluding carboxylic acids is 1. The van der Waals surface area contributed by atoms with Crippen LogP contribution >= 0.6 is 0 Å². The smallest absolute Gasteiger partial charge is 0.379 e. The minimum atomic E-state index is -4.75. The Kier molecular flexibility index (Phi) is 4.74. The van der Waals surface area contributed by atoms with Gasteiger partial charge in [0.1, 0.15) is 0 Å². The lowest BCUT2D eigenvalue weighted by Gasteiger charge is -2.26. The van der Waals surface area contributed by atoms with Crippen LogP contribution in [0.25, 0.3) is 0 Å². The van der Waals surface area contributed by atoms with Crippen LogP contribution < -0.4 is 10.2 Å². The van der Waals surface area contributed by atoms with Crippen molar-refractivity contribution in [3.8, 4) is 0 Å². The van der Waals surface area contributed by atoms with Gasteiger partial charge in [0.2, 0.25) is 0 Å². The van der Waals surface area contributed by atoms with Gasteiger partial charge in [-0.15, -0.1) is 0 Å². The summed E-state index contributed by atoms with van der Waals surface area (Å²) in [6.45, 7) is 1.76. The summed E-state index contributed by atoms with van der Waals surface area (Å²) >= 11 is 0. The summed E-state index contributed by atoms with van der Waals surface area (Å²) in [6.07, 6.45) is -5.26. The first-order valence-corrected chi connectivity index (χ1v) is 7.33. The van der Waals surface area contributed by atoms with Gasteiger partial charge >= 0.3 is 12.2 Å². The summed E-state index contributed by atoms with van der Waals surface area (Å²) in [4.78, 5) is 15.1. The summed E-state index contributed by atoms with van der Waals surface area (Å²) in [7, 11) is 1.85. The molecule has 128 valence electrons. The van der Waals surface area contributed by atoms with Crippen LogP contribution in [0.3, 0.4) is 0 Å². The molecule has 2 amide bonds. The Labute approximate surface area is 132 Å². The van der Waals surface area contributed by atoms with Crippen LogP contribution in [0.2, 0.25) is 0 Å². The third-order valence-electron chi connectivity index (χ3n) is 4.09. The minimum absolute atomic E-state index is 0.145. The van der Waals surface area contributed by atoms with Crippen molar-refractivity contribution in [3.05, 3.63) is 24.3 Å². The maximum absolute atomic E-state index is 12.8. The van der Waals surface area contributed by atoms with Crippen LogP contribution in [0.1, 0.15) is 13.3 Å². The van der Waals surface area contributed by atoms with Crippen LogP contribution in [0.15, 0.2) is 24.3 Å². The molecular weight excluding hydrogens is 311 g/mol. The van der Waals surface area contributed by atoms with Crippen LogP contribution in [0.4, 0.5) is 29.3 Å². The summed E-state index contributed by atoms with van der Waals surface area (Å²) in [6, 6.07) is 6.40. The highest BCUT2D eigenvalue weighted by Crippen LogP contribution is 2.38. The van der Waals surface area contributed by atoms with E-state index in [0.717, 1.165) is 10.6 Å². The maximum Gasteiger partial charge on any atom is 0.419 e. The number of aliphatic hydroxyl groups is 1. The van der Waals surface area contributed by atoms with Gasteiger partial charge in [-0.05, 0) is 19.1 Å². The summed E-state index contributed by atoms with van der Waals surface area (Å²) < 4.78 is 38.4. The third kappa shape index (κ3) is 3.52. The average molecular weight is 331 g/mol. The number of anilines is 2. The van der Waals surface area contributed by atoms with Crippen molar-refractivity contribution in [1.82, 2.24) is 4.90 Å². The molecule has 2 rings (SSSR count). The highest BCUT2D eigenvalue weighted by molar-refractivity contribution is 5.93. The van der Waals surface area contributed by atoms with E-state index in [-0.39, 0.29) is 6.54 Å². The Morgan fingerprint density at radius 1 is 1.43 bits per heavy atom. The molecule has 8 heteroatoms. The number of carbonyl (C=O) groups is 1. The van der Waals surface area contributed by atoms with E-state index in [1.165, 1.54) is 0 Å². The molecule has 1 aromatic carbocycles. The van der Waals surface area contributed by atoms with Crippen LogP contribution in [-0.4, -0.2) is 54.5 Å². The molecule has 0 unspecified atom stereocenters. The van der Waals surface area contributed by atoms with Gasteiger partial charge in [0, 0.05) is 26.6 Å². The lowest BCUT2D eigenvalue weighted by molar-refractivity contribution is -0.253. The molecule has 1 aromatic rings. The summed E-state index contributed by atoms with van der Waals surface area (Å²) in [5.41, 5.74) is -1.54. The lowest BCUT2D eigenvalue weighted by atomic mass is 10.0. The molecule has 1 saturated heterocycles. The van der Waals surface area contributed by atoms with Crippen molar-refractivity contribution >= 4 is 17.4 Å². The van der Waals surface area contributed by atoms with E-state index in [1.54, 1.807) is 12.1 Å². The fourth-order valence-electron chi connectivity index (χ4n) is 2.48. The molecule has 0 radical (unpaired) electrons.